The van der Waals surface area contributed by atoms with Crippen molar-refractivity contribution in [1.82, 2.24) is 25.5 Å². The molecule has 134 valence electrons. The molecule has 3 rings (SSSR count). The zero-order valence-corrected chi connectivity index (χ0v) is 14.4. The van der Waals surface area contributed by atoms with Crippen LogP contribution in [0.15, 0.2) is 48.5 Å². The Labute approximate surface area is 149 Å². The molecule has 0 spiro atoms. The first-order chi connectivity index (χ1) is 12.5. The summed E-state index contributed by atoms with van der Waals surface area (Å²) in [7, 11) is 0. The van der Waals surface area contributed by atoms with Crippen LogP contribution < -0.4 is 10.1 Å². The summed E-state index contributed by atoms with van der Waals surface area (Å²) in [5, 5.41) is 14.1. The number of benzene rings is 2. The van der Waals surface area contributed by atoms with E-state index in [1.807, 2.05) is 13.8 Å². The smallest absolute Gasteiger partial charge is 0.251 e. The first kappa shape index (κ1) is 17.5. The lowest BCUT2D eigenvalue weighted by atomic mass is 10.2. The molecule has 0 unspecified atom stereocenters. The van der Waals surface area contributed by atoms with Gasteiger partial charge >= 0.3 is 0 Å². The van der Waals surface area contributed by atoms with Gasteiger partial charge in [-0.15, -0.1) is 5.10 Å². The number of rotatable bonds is 6. The van der Waals surface area contributed by atoms with E-state index in [0.717, 1.165) is 0 Å². The molecule has 2 aromatic carbocycles. The number of amides is 1. The van der Waals surface area contributed by atoms with Gasteiger partial charge in [-0.25, -0.2) is 4.39 Å². The minimum absolute atomic E-state index is 0.0661. The van der Waals surface area contributed by atoms with Gasteiger partial charge in [0.15, 0.2) is 5.82 Å². The molecule has 1 N–H and O–H groups in total. The van der Waals surface area contributed by atoms with Gasteiger partial charge in [-0.05, 0) is 66.7 Å². The van der Waals surface area contributed by atoms with Crippen LogP contribution in [0, 0.1) is 5.82 Å². The van der Waals surface area contributed by atoms with Crippen molar-refractivity contribution in [2.45, 2.75) is 26.5 Å². The minimum Gasteiger partial charge on any atom is -0.491 e. The van der Waals surface area contributed by atoms with Crippen LogP contribution in [0.25, 0.3) is 5.69 Å². The molecule has 1 heterocycles. The van der Waals surface area contributed by atoms with Crippen LogP contribution in [0.3, 0.4) is 0 Å². The summed E-state index contributed by atoms with van der Waals surface area (Å²) in [6.45, 7) is 3.97. The highest BCUT2D eigenvalue weighted by atomic mass is 19.1. The quantitative estimate of drug-likeness (QED) is 0.735. The highest BCUT2D eigenvalue weighted by molar-refractivity contribution is 5.94. The third-order valence-electron chi connectivity index (χ3n) is 3.48. The lowest BCUT2D eigenvalue weighted by Gasteiger charge is -2.10. The van der Waals surface area contributed by atoms with Crippen LogP contribution in [0.5, 0.6) is 5.75 Å². The molecule has 26 heavy (non-hydrogen) atoms. The van der Waals surface area contributed by atoms with Crippen molar-refractivity contribution in [3.63, 3.8) is 0 Å². The maximum absolute atomic E-state index is 13.4. The molecule has 1 aromatic heterocycles. The SMILES string of the molecule is CC(C)Oc1ccc(C(=O)NCc2nnnn2-c2cccc(F)c2)cc1. The fraction of sp³-hybridized carbons (Fsp3) is 0.222. The number of ether oxygens (including phenoxy) is 1. The maximum atomic E-state index is 13.4. The predicted molar refractivity (Wildman–Crippen MR) is 92.5 cm³/mol. The van der Waals surface area contributed by atoms with Crippen molar-refractivity contribution in [1.29, 1.82) is 0 Å². The summed E-state index contributed by atoms with van der Waals surface area (Å²) in [5.74, 6) is 0.432. The van der Waals surface area contributed by atoms with Gasteiger partial charge in [-0.3, -0.25) is 4.79 Å². The first-order valence-electron chi connectivity index (χ1n) is 8.11. The Balaban J connectivity index is 1.66. The Morgan fingerprint density at radius 1 is 1.23 bits per heavy atom. The predicted octanol–water partition coefficient (Wildman–Crippen LogP) is 2.52. The molecule has 0 aliphatic rings. The summed E-state index contributed by atoms with van der Waals surface area (Å²) in [6.07, 6.45) is 0.0661. The number of tetrazole rings is 1. The zero-order valence-electron chi connectivity index (χ0n) is 14.4. The largest absolute Gasteiger partial charge is 0.491 e. The van der Waals surface area contributed by atoms with E-state index < -0.39 is 5.82 Å². The zero-order chi connectivity index (χ0) is 18.5. The van der Waals surface area contributed by atoms with E-state index in [2.05, 4.69) is 20.8 Å². The molecule has 0 saturated heterocycles. The van der Waals surface area contributed by atoms with Crippen molar-refractivity contribution in [3.8, 4) is 11.4 Å². The van der Waals surface area contributed by atoms with Gasteiger partial charge in [0.25, 0.3) is 5.91 Å². The van der Waals surface area contributed by atoms with Crippen LogP contribution in [-0.2, 0) is 6.54 Å². The van der Waals surface area contributed by atoms with Gasteiger partial charge < -0.3 is 10.1 Å². The molecule has 8 heteroatoms. The van der Waals surface area contributed by atoms with Crippen molar-refractivity contribution >= 4 is 5.91 Å². The molecule has 0 radical (unpaired) electrons. The van der Waals surface area contributed by atoms with E-state index in [0.29, 0.717) is 22.8 Å². The van der Waals surface area contributed by atoms with Crippen molar-refractivity contribution in [3.05, 3.63) is 65.7 Å². The summed E-state index contributed by atoms with van der Waals surface area (Å²) in [6, 6.07) is 12.7. The Hall–Kier alpha value is -3.29. The Morgan fingerprint density at radius 2 is 2.00 bits per heavy atom. The highest BCUT2D eigenvalue weighted by Gasteiger charge is 2.12. The molecule has 0 atom stereocenters. The number of nitrogens with zero attached hydrogens (tertiary/aromatic N) is 4. The lowest BCUT2D eigenvalue weighted by molar-refractivity contribution is 0.0949. The fourth-order valence-electron chi connectivity index (χ4n) is 2.34. The summed E-state index contributed by atoms with van der Waals surface area (Å²) in [4.78, 5) is 12.3. The van der Waals surface area contributed by atoms with E-state index >= 15 is 0 Å². The van der Waals surface area contributed by atoms with E-state index in [9.17, 15) is 9.18 Å². The van der Waals surface area contributed by atoms with Gasteiger partial charge in [0.2, 0.25) is 0 Å². The number of hydrogen-bond donors (Lipinski definition) is 1. The van der Waals surface area contributed by atoms with Gasteiger partial charge in [0.1, 0.15) is 11.6 Å². The van der Waals surface area contributed by atoms with Gasteiger partial charge in [0, 0.05) is 5.56 Å². The van der Waals surface area contributed by atoms with E-state index in [1.54, 1.807) is 36.4 Å². The molecule has 0 aliphatic carbocycles. The van der Waals surface area contributed by atoms with Gasteiger partial charge in [0.05, 0.1) is 18.3 Å². The van der Waals surface area contributed by atoms with Crippen molar-refractivity contribution < 1.29 is 13.9 Å². The number of carbonyl (C=O) groups excluding carboxylic acids is 1. The summed E-state index contributed by atoms with van der Waals surface area (Å²) < 4.78 is 20.3. The van der Waals surface area contributed by atoms with Crippen LogP contribution in [0.1, 0.15) is 30.0 Å². The molecule has 0 bridgehead atoms. The van der Waals surface area contributed by atoms with E-state index in [1.165, 1.54) is 16.8 Å². The monoisotopic (exact) mass is 355 g/mol. The average molecular weight is 355 g/mol. The third-order valence-corrected chi connectivity index (χ3v) is 3.48. The molecule has 3 aromatic rings. The van der Waals surface area contributed by atoms with Crippen LogP contribution >= 0.6 is 0 Å². The number of hydrogen-bond acceptors (Lipinski definition) is 5. The molecular weight excluding hydrogens is 337 g/mol. The minimum atomic E-state index is -0.392. The van der Waals surface area contributed by atoms with E-state index in [4.69, 9.17) is 4.74 Å². The topological polar surface area (TPSA) is 81.9 Å². The number of carbonyl (C=O) groups is 1. The first-order valence-corrected chi connectivity index (χ1v) is 8.11. The summed E-state index contributed by atoms with van der Waals surface area (Å²) >= 11 is 0. The van der Waals surface area contributed by atoms with Crippen molar-refractivity contribution in [2.75, 3.05) is 0 Å². The second kappa shape index (κ2) is 7.73. The third kappa shape index (κ3) is 4.21. The normalized spacial score (nSPS) is 10.8. The number of halogens is 1. The molecule has 0 saturated carbocycles. The number of aromatic nitrogens is 4. The summed E-state index contributed by atoms with van der Waals surface area (Å²) in [5.41, 5.74) is 0.973. The Morgan fingerprint density at radius 3 is 2.69 bits per heavy atom. The molecule has 0 aliphatic heterocycles. The highest BCUT2D eigenvalue weighted by Crippen LogP contribution is 2.14. The Bertz CT molecular complexity index is 893. The van der Waals surface area contributed by atoms with E-state index in [-0.39, 0.29) is 18.6 Å². The fourth-order valence-corrected chi connectivity index (χ4v) is 2.34. The Kier molecular flexibility index (Phi) is 5.21. The van der Waals surface area contributed by atoms with Gasteiger partial charge in [-0.1, -0.05) is 6.07 Å². The molecular formula is C18H18FN5O2. The van der Waals surface area contributed by atoms with Gasteiger partial charge in [-0.2, -0.15) is 4.68 Å². The molecule has 0 fully saturated rings. The maximum Gasteiger partial charge on any atom is 0.251 e. The van der Waals surface area contributed by atoms with Crippen molar-refractivity contribution in [2.24, 2.45) is 0 Å². The second-order valence-electron chi connectivity index (χ2n) is 5.86. The van der Waals surface area contributed by atoms with Crippen LogP contribution in [-0.4, -0.2) is 32.2 Å². The second-order valence-corrected chi connectivity index (χ2v) is 5.86. The average Bonchev–Trinajstić information content (AvgIpc) is 3.08. The standard InChI is InChI=1S/C18H18FN5O2/c1-12(2)26-16-8-6-13(7-9-16)18(25)20-11-17-21-22-23-24(17)15-5-3-4-14(19)10-15/h3-10,12H,11H2,1-2H3,(H,20,25). The van der Waals surface area contributed by atoms with Crippen LogP contribution in [0.4, 0.5) is 4.39 Å². The molecule has 7 nitrogen and oxygen atoms in total. The lowest BCUT2D eigenvalue weighted by Crippen LogP contribution is -2.24. The van der Waals surface area contributed by atoms with Crippen LogP contribution in [0.2, 0.25) is 0 Å². The molecule has 1 amide bonds. The number of nitrogens with one attached hydrogen (secondary N) is 1.